The van der Waals surface area contributed by atoms with Crippen molar-refractivity contribution in [2.24, 2.45) is 5.92 Å². The molecule has 2 rings (SSSR count). The third-order valence-corrected chi connectivity index (χ3v) is 4.98. The third-order valence-electron chi connectivity index (χ3n) is 4.98. The number of nitrogens with zero attached hydrogens (tertiary/aromatic N) is 1. The summed E-state index contributed by atoms with van der Waals surface area (Å²) in [6, 6.07) is 1.53. The van der Waals surface area contributed by atoms with E-state index in [0.29, 0.717) is 0 Å². The lowest BCUT2D eigenvalue weighted by Gasteiger charge is -2.36. The molecule has 0 radical (unpaired) electrons. The zero-order valence-electron chi connectivity index (χ0n) is 12.5. The lowest BCUT2D eigenvalue weighted by molar-refractivity contribution is 0.176. The van der Waals surface area contributed by atoms with Gasteiger partial charge in [0.05, 0.1) is 0 Å². The smallest absolute Gasteiger partial charge is 0.00940 e. The first kappa shape index (κ1) is 14.3. The van der Waals surface area contributed by atoms with Gasteiger partial charge < -0.3 is 10.2 Å². The second-order valence-electron chi connectivity index (χ2n) is 6.47. The molecule has 1 heterocycles. The van der Waals surface area contributed by atoms with Crippen LogP contribution in [0.3, 0.4) is 0 Å². The van der Waals surface area contributed by atoms with Crippen LogP contribution in [0.5, 0.6) is 0 Å². The van der Waals surface area contributed by atoms with E-state index < -0.39 is 0 Å². The van der Waals surface area contributed by atoms with Crippen LogP contribution in [-0.4, -0.2) is 36.6 Å². The Bertz CT molecular complexity index is 215. The molecular weight excluding hydrogens is 220 g/mol. The van der Waals surface area contributed by atoms with E-state index in [1.807, 2.05) is 0 Å². The summed E-state index contributed by atoms with van der Waals surface area (Å²) in [6.45, 7) is 8.63. The molecule has 2 heteroatoms. The maximum atomic E-state index is 3.92. The molecule has 1 saturated heterocycles. The van der Waals surface area contributed by atoms with E-state index in [1.165, 1.54) is 71.0 Å². The van der Waals surface area contributed by atoms with Gasteiger partial charge in [0.1, 0.15) is 0 Å². The average Bonchev–Trinajstić information content (AvgIpc) is 2.42. The lowest BCUT2D eigenvalue weighted by Crippen LogP contribution is -2.47. The van der Waals surface area contributed by atoms with Crippen LogP contribution in [0.25, 0.3) is 0 Å². The summed E-state index contributed by atoms with van der Waals surface area (Å²) in [5.41, 5.74) is 0. The summed E-state index contributed by atoms with van der Waals surface area (Å²) in [5, 5.41) is 3.92. The van der Waals surface area contributed by atoms with Gasteiger partial charge >= 0.3 is 0 Å². The van der Waals surface area contributed by atoms with E-state index in [9.17, 15) is 0 Å². The Morgan fingerprint density at radius 2 is 1.72 bits per heavy atom. The minimum atomic E-state index is 0.744. The van der Waals surface area contributed by atoms with Crippen LogP contribution in [0.4, 0.5) is 0 Å². The molecule has 1 aliphatic heterocycles. The molecule has 2 aliphatic rings. The predicted octanol–water partition coefficient (Wildman–Crippen LogP) is 3.42. The van der Waals surface area contributed by atoms with Crippen molar-refractivity contribution in [1.82, 2.24) is 10.2 Å². The van der Waals surface area contributed by atoms with Crippen LogP contribution in [0.2, 0.25) is 0 Å². The maximum absolute atomic E-state index is 3.92. The van der Waals surface area contributed by atoms with Crippen LogP contribution in [0.1, 0.15) is 65.2 Å². The molecule has 2 fully saturated rings. The Labute approximate surface area is 114 Å². The molecule has 1 N–H and O–H groups in total. The number of likely N-dealkylation sites (tertiary alicyclic amines) is 1. The molecule has 0 bridgehead atoms. The Morgan fingerprint density at radius 1 is 1.06 bits per heavy atom. The van der Waals surface area contributed by atoms with Crippen LogP contribution in [0, 0.1) is 5.92 Å². The number of piperidine rings is 1. The molecule has 0 aromatic heterocycles. The fraction of sp³-hybridized carbons (Fsp3) is 1.00. The van der Waals surface area contributed by atoms with E-state index in [2.05, 4.69) is 24.1 Å². The Hall–Kier alpha value is -0.0800. The lowest BCUT2D eigenvalue weighted by atomic mass is 9.84. The fourth-order valence-corrected chi connectivity index (χ4v) is 3.78. The van der Waals surface area contributed by atoms with Gasteiger partial charge in [-0.05, 0) is 64.6 Å². The summed E-state index contributed by atoms with van der Waals surface area (Å²) in [5.74, 6) is 0.951. The molecule has 2 nitrogen and oxygen atoms in total. The van der Waals surface area contributed by atoms with Gasteiger partial charge in [0.25, 0.3) is 0 Å². The monoisotopic (exact) mass is 252 g/mol. The first-order valence-electron chi connectivity index (χ1n) is 8.28. The molecule has 1 aliphatic carbocycles. The molecular formula is C16H32N2. The van der Waals surface area contributed by atoms with E-state index in [0.717, 1.165) is 18.0 Å². The van der Waals surface area contributed by atoms with Crippen molar-refractivity contribution in [3.05, 3.63) is 0 Å². The van der Waals surface area contributed by atoms with Gasteiger partial charge in [0, 0.05) is 12.1 Å². The quantitative estimate of drug-likeness (QED) is 0.806. The van der Waals surface area contributed by atoms with Gasteiger partial charge in [0.2, 0.25) is 0 Å². The molecule has 0 spiro atoms. The minimum absolute atomic E-state index is 0.744. The molecule has 1 unspecified atom stereocenters. The van der Waals surface area contributed by atoms with Gasteiger partial charge in [0.15, 0.2) is 0 Å². The first-order chi connectivity index (χ1) is 8.79. The van der Waals surface area contributed by atoms with Gasteiger partial charge in [-0.25, -0.2) is 0 Å². The molecule has 0 aromatic rings. The van der Waals surface area contributed by atoms with Gasteiger partial charge in [-0.1, -0.05) is 26.2 Å². The van der Waals surface area contributed by atoms with Crippen molar-refractivity contribution < 1.29 is 0 Å². The topological polar surface area (TPSA) is 15.3 Å². The highest BCUT2D eigenvalue weighted by atomic mass is 15.1. The number of hydrogen-bond donors (Lipinski definition) is 1. The van der Waals surface area contributed by atoms with Crippen molar-refractivity contribution in [3.8, 4) is 0 Å². The molecule has 1 atom stereocenters. The van der Waals surface area contributed by atoms with Gasteiger partial charge in [-0.15, -0.1) is 0 Å². The summed E-state index contributed by atoms with van der Waals surface area (Å²) in [7, 11) is 0. The van der Waals surface area contributed by atoms with Crippen LogP contribution in [-0.2, 0) is 0 Å². The highest BCUT2D eigenvalue weighted by Gasteiger charge is 2.24. The normalized spacial score (nSPS) is 26.3. The number of nitrogens with one attached hydrogen (secondary N) is 1. The second-order valence-corrected chi connectivity index (χ2v) is 6.47. The summed E-state index contributed by atoms with van der Waals surface area (Å²) < 4.78 is 0. The van der Waals surface area contributed by atoms with Gasteiger partial charge in [-0.2, -0.15) is 0 Å². The van der Waals surface area contributed by atoms with Crippen molar-refractivity contribution in [1.29, 1.82) is 0 Å². The fourth-order valence-electron chi connectivity index (χ4n) is 3.78. The van der Waals surface area contributed by atoms with Crippen LogP contribution < -0.4 is 5.32 Å². The molecule has 0 amide bonds. The Kier molecular flexibility index (Phi) is 5.97. The van der Waals surface area contributed by atoms with E-state index in [1.54, 1.807) is 0 Å². The molecule has 0 aromatic carbocycles. The number of rotatable bonds is 5. The van der Waals surface area contributed by atoms with E-state index >= 15 is 0 Å². The second kappa shape index (κ2) is 7.49. The van der Waals surface area contributed by atoms with Crippen LogP contribution >= 0.6 is 0 Å². The first-order valence-corrected chi connectivity index (χ1v) is 8.28. The minimum Gasteiger partial charge on any atom is -0.311 e. The zero-order valence-corrected chi connectivity index (χ0v) is 12.5. The number of hydrogen-bond acceptors (Lipinski definition) is 2. The third kappa shape index (κ3) is 4.24. The molecule has 18 heavy (non-hydrogen) atoms. The standard InChI is InChI=1S/C16H32N2/c1-3-11-18-12-9-16(10-13-18)17-14(2)15-7-5-4-6-8-15/h14-17H,3-13H2,1-2H3. The Balaban J connectivity index is 1.67. The largest absolute Gasteiger partial charge is 0.311 e. The predicted molar refractivity (Wildman–Crippen MR) is 78.9 cm³/mol. The van der Waals surface area contributed by atoms with Crippen molar-refractivity contribution in [2.45, 2.75) is 77.3 Å². The average molecular weight is 252 g/mol. The summed E-state index contributed by atoms with van der Waals surface area (Å²) in [4.78, 5) is 2.63. The molecule has 1 saturated carbocycles. The Morgan fingerprint density at radius 3 is 2.33 bits per heavy atom. The maximum Gasteiger partial charge on any atom is 0.00940 e. The van der Waals surface area contributed by atoms with Crippen molar-refractivity contribution >= 4 is 0 Å². The van der Waals surface area contributed by atoms with Crippen molar-refractivity contribution in [2.75, 3.05) is 19.6 Å². The van der Waals surface area contributed by atoms with Crippen molar-refractivity contribution in [3.63, 3.8) is 0 Å². The van der Waals surface area contributed by atoms with Gasteiger partial charge in [-0.3, -0.25) is 0 Å². The molecule has 106 valence electrons. The SMILES string of the molecule is CCCN1CCC(NC(C)C2CCCCC2)CC1. The van der Waals surface area contributed by atoms with Crippen LogP contribution in [0.15, 0.2) is 0 Å². The zero-order chi connectivity index (χ0) is 12.8. The highest BCUT2D eigenvalue weighted by Crippen LogP contribution is 2.27. The highest BCUT2D eigenvalue weighted by molar-refractivity contribution is 4.83. The van der Waals surface area contributed by atoms with E-state index in [4.69, 9.17) is 0 Å². The summed E-state index contributed by atoms with van der Waals surface area (Å²) in [6.07, 6.45) is 11.3. The summed E-state index contributed by atoms with van der Waals surface area (Å²) >= 11 is 0. The van der Waals surface area contributed by atoms with E-state index in [-0.39, 0.29) is 0 Å².